The van der Waals surface area contributed by atoms with E-state index in [4.69, 9.17) is 5.84 Å². The van der Waals surface area contributed by atoms with Crippen LogP contribution in [0.3, 0.4) is 0 Å². The van der Waals surface area contributed by atoms with Crippen LogP contribution >= 0.6 is 23.1 Å². The van der Waals surface area contributed by atoms with Gasteiger partial charge in [0.05, 0.1) is 5.75 Å². The minimum absolute atomic E-state index is 0.214. The Labute approximate surface area is 100 Å². The van der Waals surface area contributed by atoms with Crippen molar-refractivity contribution >= 4 is 28.2 Å². The molecule has 0 amide bonds. The Morgan fingerprint density at radius 2 is 2.19 bits per heavy atom. The standard InChI is InChI=1S/C9H9FN4S2/c10-6-3-1-2-4-7(6)15-5-8-13-14-9(12-11)16-8/h1-4H,5,11H2,(H,12,14). The first-order chi connectivity index (χ1) is 7.79. The van der Waals surface area contributed by atoms with E-state index in [9.17, 15) is 4.39 Å². The summed E-state index contributed by atoms with van der Waals surface area (Å²) in [5.74, 6) is 5.56. The number of thioether (sulfide) groups is 1. The first-order valence-corrected chi connectivity index (χ1v) is 6.26. The second kappa shape index (κ2) is 5.24. The summed E-state index contributed by atoms with van der Waals surface area (Å²) >= 11 is 2.74. The minimum Gasteiger partial charge on any atom is -0.298 e. The highest BCUT2D eigenvalue weighted by Crippen LogP contribution is 2.27. The quantitative estimate of drug-likeness (QED) is 0.499. The van der Waals surface area contributed by atoms with Crippen LogP contribution in [0, 0.1) is 5.82 Å². The fraction of sp³-hybridized carbons (Fsp3) is 0.111. The van der Waals surface area contributed by atoms with Crippen LogP contribution in [-0.2, 0) is 5.75 Å². The maximum atomic E-state index is 13.3. The molecule has 0 radical (unpaired) electrons. The monoisotopic (exact) mass is 256 g/mol. The number of benzene rings is 1. The number of halogens is 1. The van der Waals surface area contributed by atoms with Crippen molar-refractivity contribution in [3.63, 3.8) is 0 Å². The molecule has 0 saturated heterocycles. The largest absolute Gasteiger partial charge is 0.298 e. The Morgan fingerprint density at radius 1 is 1.38 bits per heavy atom. The Hall–Kier alpha value is -1.18. The summed E-state index contributed by atoms with van der Waals surface area (Å²) in [6.07, 6.45) is 0. The lowest BCUT2D eigenvalue weighted by Crippen LogP contribution is -2.05. The molecule has 0 aliphatic rings. The van der Waals surface area contributed by atoms with Crippen molar-refractivity contribution in [2.75, 3.05) is 5.43 Å². The molecule has 4 nitrogen and oxygen atoms in total. The van der Waals surface area contributed by atoms with Crippen molar-refractivity contribution in [2.45, 2.75) is 10.6 Å². The molecular formula is C9H9FN4S2. The molecule has 0 aliphatic heterocycles. The van der Waals surface area contributed by atoms with E-state index in [1.807, 2.05) is 0 Å². The van der Waals surface area contributed by atoms with Crippen LogP contribution < -0.4 is 11.3 Å². The van der Waals surface area contributed by atoms with Gasteiger partial charge in [0.25, 0.3) is 0 Å². The summed E-state index contributed by atoms with van der Waals surface area (Å²) in [7, 11) is 0. The molecule has 0 spiro atoms. The average Bonchev–Trinajstić information content (AvgIpc) is 2.76. The Bertz CT molecular complexity index is 474. The van der Waals surface area contributed by atoms with Gasteiger partial charge in [-0.3, -0.25) is 5.43 Å². The number of anilines is 1. The third kappa shape index (κ3) is 2.69. The number of nitrogen functional groups attached to an aromatic ring is 1. The van der Waals surface area contributed by atoms with Crippen molar-refractivity contribution in [2.24, 2.45) is 5.84 Å². The van der Waals surface area contributed by atoms with Crippen LogP contribution in [0.15, 0.2) is 29.2 Å². The van der Waals surface area contributed by atoms with E-state index in [0.29, 0.717) is 15.8 Å². The maximum absolute atomic E-state index is 13.3. The van der Waals surface area contributed by atoms with Crippen molar-refractivity contribution in [1.82, 2.24) is 10.2 Å². The van der Waals surface area contributed by atoms with Crippen LogP contribution in [0.5, 0.6) is 0 Å². The molecule has 2 rings (SSSR count). The lowest BCUT2D eigenvalue weighted by Gasteiger charge is -1.99. The van der Waals surface area contributed by atoms with E-state index in [0.717, 1.165) is 5.01 Å². The SMILES string of the molecule is NNc1nnc(CSc2ccccc2F)s1. The Balaban J connectivity index is 1.99. The molecule has 0 saturated carbocycles. The summed E-state index contributed by atoms with van der Waals surface area (Å²) in [6.45, 7) is 0. The number of hydrogen-bond donors (Lipinski definition) is 2. The van der Waals surface area contributed by atoms with Gasteiger partial charge in [-0.25, -0.2) is 10.2 Å². The van der Waals surface area contributed by atoms with Gasteiger partial charge >= 0.3 is 0 Å². The molecule has 0 bridgehead atoms. The lowest BCUT2D eigenvalue weighted by molar-refractivity contribution is 0.602. The topological polar surface area (TPSA) is 63.8 Å². The van der Waals surface area contributed by atoms with Gasteiger partial charge in [0.2, 0.25) is 5.13 Å². The number of nitrogens with zero attached hydrogens (tertiary/aromatic N) is 2. The zero-order chi connectivity index (χ0) is 11.4. The molecule has 84 valence electrons. The molecule has 7 heteroatoms. The van der Waals surface area contributed by atoms with Crippen LogP contribution in [0.25, 0.3) is 0 Å². The first-order valence-electron chi connectivity index (χ1n) is 4.46. The summed E-state index contributed by atoms with van der Waals surface area (Å²) in [5, 5.41) is 9.08. The second-order valence-electron chi connectivity index (χ2n) is 2.86. The van der Waals surface area contributed by atoms with Crippen molar-refractivity contribution in [3.8, 4) is 0 Å². The zero-order valence-corrected chi connectivity index (χ0v) is 9.82. The van der Waals surface area contributed by atoms with Crippen molar-refractivity contribution in [3.05, 3.63) is 35.1 Å². The van der Waals surface area contributed by atoms with E-state index in [2.05, 4.69) is 15.6 Å². The summed E-state index contributed by atoms with van der Waals surface area (Å²) in [5.41, 5.74) is 2.42. The van der Waals surface area contributed by atoms with Gasteiger partial charge in [-0.1, -0.05) is 23.5 Å². The number of rotatable bonds is 4. The second-order valence-corrected chi connectivity index (χ2v) is 4.94. The number of aromatic nitrogens is 2. The first kappa shape index (κ1) is 11.3. The fourth-order valence-corrected chi connectivity index (χ4v) is 2.65. The number of hydrogen-bond acceptors (Lipinski definition) is 6. The molecule has 0 fully saturated rings. The van der Waals surface area contributed by atoms with E-state index in [1.54, 1.807) is 18.2 Å². The highest BCUT2D eigenvalue weighted by atomic mass is 32.2. The summed E-state index contributed by atoms with van der Waals surface area (Å²) in [4.78, 5) is 0.611. The molecule has 3 N–H and O–H groups in total. The normalized spacial score (nSPS) is 10.4. The summed E-state index contributed by atoms with van der Waals surface area (Å²) < 4.78 is 13.3. The molecule has 1 aromatic heterocycles. The van der Waals surface area contributed by atoms with Crippen LogP contribution in [0.4, 0.5) is 9.52 Å². The van der Waals surface area contributed by atoms with Gasteiger partial charge in [0.1, 0.15) is 10.8 Å². The molecule has 1 heterocycles. The van der Waals surface area contributed by atoms with Gasteiger partial charge in [0.15, 0.2) is 0 Å². The molecule has 0 atom stereocenters. The van der Waals surface area contributed by atoms with Gasteiger partial charge < -0.3 is 0 Å². The van der Waals surface area contributed by atoms with Crippen molar-refractivity contribution < 1.29 is 4.39 Å². The Kier molecular flexibility index (Phi) is 3.70. The number of hydrazine groups is 1. The lowest BCUT2D eigenvalue weighted by atomic mass is 10.3. The van der Waals surface area contributed by atoms with Crippen LogP contribution in [-0.4, -0.2) is 10.2 Å². The van der Waals surface area contributed by atoms with E-state index in [1.165, 1.54) is 29.2 Å². The van der Waals surface area contributed by atoms with Gasteiger partial charge in [-0.15, -0.1) is 22.0 Å². The maximum Gasteiger partial charge on any atom is 0.219 e. The predicted molar refractivity (Wildman–Crippen MR) is 63.7 cm³/mol. The van der Waals surface area contributed by atoms with Gasteiger partial charge in [0, 0.05) is 4.90 Å². The zero-order valence-electron chi connectivity index (χ0n) is 8.18. The van der Waals surface area contributed by atoms with E-state index >= 15 is 0 Å². The van der Waals surface area contributed by atoms with Crippen molar-refractivity contribution in [1.29, 1.82) is 0 Å². The average molecular weight is 256 g/mol. The summed E-state index contributed by atoms with van der Waals surface area (Å²) in [6, 6.07) is 6.65. The van der Waals surface area contributed by atoms with E-state index in [-0.39, 0.29) is 5.82 Å². The molecule has 1 aromatic carbocycles. The Morgan fingerprint density at radius 3 is 2.88 bits per heavy atom. The molecule has 0 unspecified atom stereocenters. The van der Waals surface area contributed by atoms with Gasteiger partial charge in [-0.05, 0) is 12.1 Å². The third-order valence-electron chi connectivity index (χ3n) is 1.78. The highest BCUT2D eigenvalue weighted by Gasteiger charge is 2.06. The smallest absolute Gasteiger partial charge is 0.219 e. The highest BCUT2D eigenvalue weighted by molar-refractivity contribution is 7.98. The van der Waals surface area contributed by atoms with E-state index < -0.39 is 0 Å². The van der Waals surface area contributed by atoms with Gasteiger partial charge in [-0.2, -0.15) is 0 Å². The molecule has 0 aliphatic carbocycles. The minimum atomic E-state index is -0.214. The number of nitrogens with one attached hydrogen (secondary N) is 1. The molecular weight excluding hydrogens is 247 g/mol. The fourth-order valence-electron chi connectivity index (χ4n) is 1.07. The van der Waals surface area contributed by atoms with Crippen LogP contribution in [0.1, 0.15) is 5.01 Å². The molecule has 16 heavy (non-hydrogen) atoms. The van der Waals surface area contributed by atoms with Crippen LogP contribution in [0.2, 0.25) is 0 Å². The third-order valence-corrected chi connectivity index (χ3v) is 3.88. The predicted octanol–water partition coefficient (Wildman–Crippen LogP) is 2.26. The number of nitrogens with two attached hydrogens (primary N) is 1. The molecule has 2 aromatic rings.